The van der Waals surface area contributed by atoms with E-state index in [1.54, 1.807) is 6.20 Å². The largest absolute Gasteiger partial charge is 0.387 e. The normalized spacial score (nSPS) is 9.36. The third kappa shape index (κ3) is 1.77. The van der Waals surface area contributed by atoms with Gasteiger partial charge in [-0.2, -0.15) is 0 Å². The molecule has 0 saturated heterocycles. The van der Waals surface area contributed by atoms with Crippen LogP contribution in [0.4, 0.5) is 11.5 Å². The minimum atomic E-state index is 0.798. The average molecular weight is 169 g/mol. The topological polar surface area (TPSA) is 37.0 Å². The van der Waals surface area contributed by atoms with Gasteiger partial charge in [-0.1, -0.05) is 0 Å². The van der Waals surface area contributed by atoms with Crippen LogP contribution in [0.15, 0.2) is 17.2 Å². The molecule has 0 unspecified atom stereocenters. The lowest BCUT2D eigenvalue weighted by atomic mass is 10.4. The molecule has 60 valence electrons. The van der Waals surface area contributed by atoms with Crippen molar-refractivity contribution in [3.05, 3.63) is 12.3 Å². The highest BCUT2D eigenvalue weighted by molar-refractivity contribution is 7.80. The zero-order valence-corrected chi connectivity index (χ0v) is 7.44. The Kier molecular flexibility index (Phi) is 2.59. The molecule has 0 atom stereocenters. The SMILES string of the molecule is CNc1cnc(NC)c(S)c1. The lowest BCUT2D eigenvalue weighted by Gasteiger charge is -2.04. The van der Waals surface area contributed by atoms with Gasteiger partial charge in [0.05, 0.1) is 11.9 Å². The van der Waals surface area contributed by atoms with E-state index >= 15 is 0 Å². The number of hydrogen-bond donors (Lipinski definition) is 3. The van der Waals surface area contributed by atoms with E-state index in [0.29, 0.717) is 0 Å². The number of thiol groups is 1. The Morgan fingerprint density at radius 1 is 1.36 bits per heavy atom. The highest BCUT2D eigenvalue weighted by atomic mass is 32.1. The molecule has 1 aromatic rings. The van der Waals surface area contributed by atoms with Crippen LogP contribution in [0.1, 0.15) is 0 Å². The van der Waals surface area contributed by atoms with Gasteiger partial charge in [0.15, 0.2) is 0 Å². The summed E-state index contributed by atoms with van der Waals surface area (Å²) in [6, 6.07) is 1.92. The fraction of sp³-hybridized carbons (Fsp3) is 0.286. The second-order valence-electron chi connectivity index (χ2n) is 2.09. The Morgan fingerprint density at radius 2 is 2.09 bits per heavy atom. The highest BCUT2D eigenvalue weighted by Gasteiger charge is 1.97. The Hall–Kier alpha value is -0.900. The Morgan fingerprint density at radius 3 is 2.55 bits per heavy atom. The molecule has 0 fully saturated rings. The highest BCUT2D eigenvalue weighted by Crippen LogP contribution is 2.19. The van der Waals surface area contributed by atoms with E-state index in [9.17, 15) is 0 Å². The maximum absolute atomic E-state index is 4.24. The first-order valence-corrected chi connectivity index (χ1v) is 3.77. The molecule has 0 bridgehead atoms. The molecule has 0 aliphatic heterocycles. The van der Waals surface area contributed by atoms with Crippen molar-refractivity contribution in [3.63, 3.8) is 0 Å². The summed E-state index contributed by atoms with van der Waals surface area (Å²) in [6.07, 6.45) is 1.76. The van der Waals surface area contributed by atoms with Gasteiger partial charge in [0.2, 0.25) is 0 Å². The van der Waals surface area contributed by atoms with Gasteiger partial charge in [-0.25, -0.2) is 4.98 Å². The Bertz CT molecular complexity index is 249. The van der Waals surface area contributed by atoms with Crippen LogP contribution < -0.4 is 10.6 Å². The molecule has 3 nitrogen and oxygen atoms in total. The van der Waals surface area contributed by atoms with Crippen LogP contribution in [0.25, 0.3) is 0 Å². The third-order valence-corrected chi connectivity index (χ3v) is 1.73. The van der Waals surface area contributed by atoms with Crippen molar-refractivity contribution in [1.29, 1.82) is 0 Å². The molecule has 0 aliphatic rings. The van der Waals surface area contributed by atoms with Gasteiger partial charge in [-0.15, -0.1) is 12.6 Å². The number of nitrogens with one attached hydrogen (secondary N) is 2. The van der Waals surface area contributed by atoms with Crippen molar-refractivity contribution in [2.45, 2.75) is 4.90 Å². The number of anilines is 2. The maximum Gasteiger partial charge on any atom is 0.139 e. The summed E-state index contributed by atoms with van der Waals surface area (Å²) in [4.78, 5) is 4.96. The predicted octanol–water partition coefficient (Wildman–Crippen LogP) is 1.45. The maximum atomic E-state index is 4.24. The molecule has 2 N–H and O–H groups in total. The Balaban J connectivity index is 2.99. The van der Waals surface area contributed by atoms with E-state index in [1.807, 2.05) is 20.2 Å². The average Bonchev–Trinajstić information content (AvgIpc) is 2.04. The molecule has 0 radical (unpaired) electrons. The van der Waals surface area contributed by atoms with E-state index in [1.165, 1.54) is 0 Å². The molecular formula is C7H11N3S. The molecule has 4 heteroatoms. The molecular weight excluding hydrogens is 158 g/mol. The number of pyridine rings is 1. The molecule has 1 aromatic heterocycles. The quantitative estimate of drug-likeness (QED) is 0.587. The zero-order chi connectivity index (χ0) is 8.27. The number of aromatic nitrogens is 1. The Labute approximate surface area is 71.6 Å². The first kappa shape index (κ1) is 8.20. The summed E-state index contributed by atoms with van der Waals surface area (Å²) >= 11 is 4.24. The zero-order valence-electron chi connectivity index (χ0n) is 6.55. The minimum Gasteiger partial charge on any atom is -0.387 e. The molecule has 0 amide bonds. The summed E-state index contributed by atoms with van der Waals surface area (Å²) < 4.78 is 0. The fourth-order valence-electron chi connectivity index (χ4n) is 0.782. The van der Waals surface area contributed by atoms with Gasteiger partial charge in [-0.05, 0) is 6.07 Å². The lowest BCUT2D eigenvalue weighted by Crippen LogP contribution is -1.95. The van der Waals surface area contributed by atoms with Crippen LogP contribution >= 0.6 is 12.6 Å². The van der Waals surface area contributed by atoms with E-state index in [2.05, 4.69) is 28.2 Å². The van der Waals surface area contributed by atoms with Crippen molar-refractivity contribution in [2.24, 2.45) is 0 Å². The van der Waals surface area contributed by atoms with Crippen LogP contribution in [0, 0.1) is 0 Å². The van der Waals surface area contributed by atoms with Crippen LogP contribution in [0.5, 0.6) is 0 Å². The van der Waals surface area contributed by atoms with Gasteiger partial charge >= 0.3 is 0 Å². The molecule has 0 aromatic carbocycles. The second kappa shape index (κ2) is 3.48. The summed E-state index contributed by atoms with van der Waals surface area (Å²) in [6.45, 7) is 0. The summed E-state index contributed by atoms with van der Waals surface area (Å²) in [5, 5.41) is 5.91. The standard InChI is InChI=1S/C7H11N3S/c1-8-5-3-6(11)7(9-2)10-4-5/h3-4,8,11H,1-2H3,(H,9,10). The second-order valence-corrected chi connectivity index (χ2v) is 2.57. The smallest absolute Gasteiger partial charge is 0.139 e. The van der Waals surface area contributed by atoms with Gasteiger partial charge in [0.1, 0.15) is 5.82 Å². The number of rotatable bonds is 2. The van der Waals surface area contributed by atoms with E-state index in [-0.39, 0.29) is 0 Å². The molecule has 1 heterocycles. The van der Waals surface area contributed by atoms with Crippen molar-refractivity contribution in [3.8, 4) is 0 Å². The minimum absolute atomic E-state index is 0.798. The van der Waals surface area contributed by atoms with E-state index in [0.717, 1.165) is 16.4 Å². The van der Waals surface area contributed by atoms with Crippen LogP contribution in [0.2, 0.25) is 0 Å². The number of nitrogens with zero attached hydrogens (tertiary/aromatic N) is 1. The first-order valence-electron chi connectivity index (χ1n) is 3.32. The monoisotopic (exact) mass is 169 g/mol. The number of hydrogen-bond acceptors (Lipinski definition) is 4. The van der Waals surface area contributed by atoms with Gasteiger partial charge < -0.3 is 10.6 Å². The van der Waals surface area contributed by atoms with Crippen molar-refractivity contribution >= 4 is 24.1 Å². The molecule has 0 saturated carbocycles. The molecule has 0 spiro atoms. The fourth-order valence-corrected chi connectivity index (χ4v) is 1.09. The van der Waals surface area contributed by atoms with Gasteiger partial charge in [0.25, 0.3) is 0 Å². The van der Waals surface area contributed by atoms with Gasteiger partial charge in [0, 0.05) is 19.0 Å². The van der Waals surface area contributed by atoms with Gasteiger partial charge in [-0.3, -0.25) is 0 Å². The summed E-state index contributed by atoms with van der Waals surface area (Å²) in [5.41, 5.74) is 0.967. The van der Waals surface area contributed by atoms with Crippen LogP contribution in [-0.2, 0) is 0 Å². The van der Waals surface area contributed by atoms with Crippen molar-refractivity contribution in [2.75, 3.05) is 24.7 Å². The predicted molar refractivity (Wildman–Crippen MR) is 50.6 cm³/mol. The van der Waals surface area contributed by atoms with Crippen LogP contribution in [0.3, 0.4) is 0 Å². The first-order chi connectivity index (χ1) is 5.27. The summed E-state index contributed by atoms with van der Waals surface area (Å²) in [7, 11) is 3.67. The summed E-state index contributed by atoms with van der Waals surface area (Å²) in [5.74, 6) is 0.798. The van der Waals surface area contributed by atoms with Crippen LogP contribution in [-0.4, -0.2) is 19.1 Å². The lowest BCUT2D eigenvalue weighted by molar-refractivity contribution is 1.21. The third-order valence-electron chi connectivity index (χ3n) is 1.39. The van der Waals surface area contributed by atoms with Crippen molar-refractivity contribution < 1.29 is 0 Å². The molecule has 0 aliphatic carbocycles. The van der Waals surface area contributed by atoms with Crippen molar-refractivity contribution in [1.82, 2.24) is 4.98 Å². The molecule has 1 rings (SSSR count). The van der Waals surface area contributed by atoms with E-state index in [4.69, 9.17) is 0 Å². The van der Waals surface area contributed by atoms with E-state index < -0.39 is 0 Å². The molecule has 11 heavy (non-hydrogen) atoms.